The highest BCUT2D eigenvalue weighted by Crippen LogP contribution is 2.26. The molecule has 0 bridgehead atoms. The molecule has 0 saturated heterocycles. The van der Waals surface area contributed by atoms with E-state index in [0.29, 0.717) is 48.2 Å². The second kappa shape index (κ2) is 8.31. The van der Waals surface area contributed by atoms with E-state index in [2.05, 4.69) is 42.2 Å². The third kappa shape index (κ3) is 3.76. The SMILES string of the molecule is CCNc1nc(NCC)n2c(SCC(=O)N3CCc4sccc4C3)nnc2n1. The summed E-state index contributed by atoms with van der Waals surface area (Å²) in [6.45, 7) is 6.86. The van der Waals surface area contributed by atoms with Gasteiger partial charge in [-0.25, -0.2) is 4.40 Å². The summed E-state index contributed by atoms with van der Waals surface area (Å²) in [6.07, 6.45) is 0.933. The fraction of sp³-hybridized carbons (Fsp3) is 0.471. The zero-order chi connectivity index (χ0) is 19.5. The molecular formula is C17H22N8OS2. The van der Waals surface area contributed by atoms with Crippen LogP contribution in [-0.4, -0.2) is 60.8 Å². The first-order valence-electron chi connectivity index (χ1n) is 9.26. The van der Waals surface area contributed by atoms with Crippen LogP contribution in [0.25, 0.3) is 5.78 Å². The van der Waals surface area contributed by atoms with E-state index in [4.69, 9.17) is 0 Å². The Kier molecular flexibility index (Phi) is 5.62. The maximum Gasteiger partial charge on any atom is 0.261 e. The van der Waals surface area contributed by atoms with Crippen molar-refractivity contribution < 1.29 is 4.79 Å². The Morgan fingerprint density at radius 2 is 2.11 bits per heavy atom. The highest BCUT2D eigenvalue weighted by Gasteiger charge is 2.22. The molecule has 0 aromatic carbocycles. The number of nitrogens with one attached hydrogen (secondary N) is 2. The maximum atomic E-state index is 12.7. The summed E-state index contributed by atoms with van der Waals surface area (Å²) in [5.74, 6) is 1.99. The number of nitrogens with zero attached hydrogens (tertiary/aromatic N) is 6. The Morgan fingerprint density at radius 3 is 2.93 bits per heavy atom. The maximum absolute atomic E-state index is 12.7. The number of thioether (sulfide) groups is 1. The van der Waals surface area contributed by atoms with Crippen LogP contribution in [0.1, 0.15) is 24.3 Å². The number of hydrogen-bond acceptors (Lipinski definition) is 9. The molecule has 3 aromatic heterocycles. The lowest BCUT2D eigenvalue weighted by Gasteiger charge is -2.26. The number of thiophene rings is 1. The molecule has 4 rings (SSSR count). The van der Waals surface area contributed by atoms with Crippen molar-refractivity contribution in [3.63, 3.8) is 0 Å². The van der Waals surface area contributed by atoms with Crippen molar-refractivity contribution in [3.8, 4) is 0 Å². The first-order valence-corrected chi connectivity index (χ1v) is 11.1. The third-order valence-electron chi connectivity index (χ3n) is 4.40. The van der Waals surface area contributed by atoms with Gasteiger partial charge in [-0.3, -0.25) is 4.79 Å². The summed E-state index contributed by atoms with van der Waals surface area (Å²) in [4.78, 5) is 24.9. The average Bonchev–Trinajstić information content (AvgIpc) is 3.32. The van der Waals surface area contributed by atoms with Gasteiger partial charge in [0.1, 0.15) is 0 Å². The number of carbonyl (C=O) groups excluding carboxylic acids is 1. The number of hydrogen-bond donors (Lipinski definition) is 2. The molecule has 1 amide bonds. The topological polar surface area (TPSA) is 100 Å². The highest BCUT2D eigenvalue weighted by molar-refractivity contribution is 7.99. The fourth-order valence-electron chi connectivity index (χ4n) is 3.08. The van der Waals surface area contributed by atoms with Crippen molar-refractivity contribution >= 4 is 46.7 Å². The molecule has 148 valence electrons. The molecule has 0 unspecified atom stereocenters. The Balaban J connectivity index is 1.49. The van der Waals surface area contributed by atoms with Crippen LogP contribution in [0.2, 0.25) is 0 Å². The van der Waals surface area contributed by atoms with Crippen molar-refractivity contribution in [1.82, 2.24) is 29.5 Å². The van der Waals surface area contributed by atoms with Gasteiger partial charge in [0.15, 0.2) is 5.16 Å². The molecule has 0 spiro atoms. The molecule has 1 aliphatic rings. The monoisotopic (exact) mass is 418 g/mol. The van der Waals surface area contributed by atoms with Crippen LogP contribution in [0.5, 0.6) is 0 Å². The lowest BCUT2D eigenvalue weighted by molar-refractivity contribution is -0.129. The molecule has 3 aromatic rings. The molecule has 0 saturated carbocycles. The molecule has 0 radical (unpaired) electrons. The average molecular weight is 419 g/mol. The quantitative estimate of drug-likeness (QED) is 0.563. The molecule has 28 heavy (non-hydrogen) atoms. The van der Waals surface area contributed by atoms with E-state index in [1.165, 1.54) is 22.2 Å². The lowest BCUT2D eigenvalue weighted by Crippen LogP contribution is -2.36. The first kappa shape index (κ1) is 18.9. The summed E-state index contributed by atoms with van der Waals surface area (Å²) >= 11 is 3.13. The van der Waals surface area contributed by atoms with Gasteiger partial charge < -0.3 is 15.5 Å². The van der Waals surface area contributed by atoms with Crippen molar-refractivity contribution in [3.05, 3.63) is 21.9 Å². The van der Waals surface area contributed by atoms with E-state index in [1.807, 2.05) is 18.7 Å². The first-order chi connectivity index (χ1) is 13.7. The smallest absolute Gasteiger partial charge is 0.261 e. The van der Waals surface area contributed by atoms with Crippen LogP contribution < -0.4 is 10.6 Å². The minimum absolute atomic E-state index is 0.105. The molecule has 9 nitrogen and oxygen atoms in total. The van der Waals surface area contributed by atoms with E-state index < -0.39 is 0 Å². The van der Waals surface area contributed by atoms with Gasteiger partial charge in [0.05, 0.1) is 5.75 Å². The van der Waals surface area contributed by atoms with Crippen LogP contribution in [0.3, 0.4) is 0 Å². The van der Waals surface area contributed by atoms with E-state index in [0.717, 1.165) is 13.0 Å². The summed E-state index contributed by atoms with van der Waals surface area (Å²) in [5, 5.41) is 17.4. The number of fused-ring (bicyclic) bond motifs is 2. The molecule has 1 aliphatic heterocycles. The second-order valence-corrected chi connectivity index (χ2v) is 8.22. The predicted molar refractivity (Wildman–Crippen MR) is 111 cm³/mol. The minimum Gasteiger partial charge on any atom is -0.355 e. The summed E-state index contributed by atoms with van der Waals surface area (Å²) in [6, 6.07) is 2.11. The molecule has 2 N–H and O–H groups in total. The Bertz CT molecular complexity index is 985. The van der Waals surface area contributed by atoms with E-state index in [9.17, 15) is 4.79 Å². The number of carbonyl (C=O) groups is 1. The van der Waals surface area contributed by atoms with Crippen LogP contribution in [-0.2, 0) is 17.8 Å². The van der Waals surface area contributed by atoms with Gasteiger partial charge in [0, 0.05) is 31.1 Å². The molecule has 0 aliphatic carbocycles. The van der Waals surface area contributed by atoms with Crippen molar-refractivity contribution in [2.45, 2.75) is 32.0 Å². The Labute approximate surface area is 171 Å². The van der Waals surface area contributed by atoms with Crippen molar-refractivity contribution in [2.24, 2.45) is 0 Å². The zero-order valence-corrected chi connectivity index (χ0v) is 17.4. The second-order valence-electron chi connectivity index (χ2n) is 6.27. The van der Waals surface area contributed by atoms with Crippen LogP contribution in [0.15, 0.2) is 16.6 Å². The van der Waals surface area contributed by atoms with E-state index >= 15 is 0 Å². The third-order valence-corrected chi connectivity index (χ3v) is 6.34. The summed E-state index contributed by atoms with van der Waals surface area (Å²) in [5.41, 5.74) is 1.27. The Morgan fingerprint density at radius 1 is 1.25 bits per heavy atom. The molecule has 4 heterocycles. The standard InChI is InChI=1S/C17H22N8OS2/c1-3-18-14-20-15(19-4-2)25-16(21-14)22-23-17(25)28-10-13(26)24-7-5-12-11(9-24)6-8-27-12/h6,8H,3-5,7,9-10H2,1-2H3,(H2,18,19,20,21,22). The van der Waals surface area contributed by atoms with Gasteiger partial charge in [-0.2, -0.15) is 9.97 Å². The largest absolute Gasteiger partial charge is 0.355 e. The van der Waals surface area contributed by atoms with Crippen LogP contribution >= 0.6 is 23.1 Å². The van der Waals surface area contributed by atoms with Gasteiger partial charge in [0.25, 0.3) is 5.78 Å². The lowest BCUT2D eigenvalue weighted by atomic mass is 10.1. The molecule has 0 fully saturated rings. The fourth-order valence-corrected chi connectivity index (χ4v) is 4.80. The molecular weight excluding hydrogens is 396 g/mol. The zero-order valence-electron chi connectivity index (χ0n) is 15.8. The van der Waals surface area contributed by atoms with Gasteiger partial charge in [-0.15, -0.1) is 21.5 Å². The minimum atomic E-state index is 0.105. The van der Waals surface area contributed by atoms with Gasteiger partial charge in [-0.05, 0) is 37.3 Å². The van der Waals surface area contributed by atoms with Crippen LogP contribution in [0, 0.1) is 0 Å². The number of aromatic nitrogens is 5. The summed E-state index contributed by atoms with van der Waals surface area (Å²) < 4.78 is 1.76. The number of rotatable bonds is 7. The van der Waals surface area contributed by atoms with Crippen LogP contribution in [0.4, 0.5) is 11.9 Å². The Hall–Kier alpha value is -2.40. The highest BCUT2D eigenvalue weighted by atomic mass is 32.2. The number of amides is 1. The molecule has 11 heteroatoms. The van der Waals surface area contributed by atoms with Crippen molar-refractivity contribution in [1.29, 1.82) is 0 Å². The van der Waals surface area contributed by atoms with Crippen molar-refractivity contribution in [2.75, 3.05) is 36.0 Å². The van der Waals surface area contributed by atoms with Gasteiger partial charge in [0.2, 0.25) is 17.8 Å². The van der Waals surface area contributed by atoms with E-state index in [-0.39, 0.29) is 5.91 Å². The van der Waals surface area contributed by atoms with Gasteiger partial charge in [-0.1, -0.05) is 11.8 Å². The summed E-state index contributed by atoms with van der Waals surface area (Å²) in [7, 11) is 0. The number of anilines is 2. The normalized spacial score (nSPS) is 13.6. The van der Waals surface area contributed by atoms with E-state index in [1.54, 1.807) is 15.7 Å². The molecule has 0 atom stereocenters. The van der Waals surface area contributed by atoms with Gasteiger partial charge >= 0.3 is 0 Å². The predicted octanol–water partition coefficient (Wildman–Crippen LogP) is 2.12.